The fourth-order valence-corrected chi connectivity index (χ4v) is 1.90. The van der Waals surface area contributed by atoms with Crippen molar-refractivity contribution >= 4 is 17.3 Å². The Kier molecular flexibility index (Phi) is 5.08. The topological polar surface area (TPSA) is 42.4 Å². The molecule has 0 unspecified atom stereocenters. The van der Waals surface area contributed by atoms with E-state index in [1.54, 1.807) is 11.3 Å². The van der Waals surface area contributed by atoms with Crippen LogP contribution in [0.15, 0.2) is 10.9 Å². The van der Waals surface area contributed by atoms with E-state index in [0.717, 1.165) is 12.2 Å². The number of aromatic nitrogens is 1. The fraction of sp³-hybridized carbons (Fsp3) is 0.667. The van der Waals surface area contributed by atoms with Crippen molar-refractivity contribution in [1.29, 1.82) is 0 Å². The summed E-state index contributed by atoms with van der Waals surface area (Å²) in [6, 6.07) is 0. The van der Waals surface area contributed by atoms with Crippen molar-refractivity contribution in [3.05, 3.63) is 16.6 Å². The summed E-state index contributed by atoms with van der Waals surface area (Å²) in [6.45, 7) is 7.09. The van der Waals surface area contributed by atoms with E-state index in [2.05, 4.69) is 9.88 Å². The minimum atomic E-state index is -0.398. The fourth-order valence-electron chi connectivity index (χ4n) is 1.35. The highest BCUT2D eigenvalue weighted by Crippen LogP contribution is 2.09. The first-order valence-corrected chi connectivity index (χ1v) is 6.58. The minimum Gasteiger partial charge on any atom is -0.460 e. The van der Waals surface area contributed by atoms with Gasteiger partial charge >= 0.3 is 5.97 Å². The zero-order valence-electron chi connectivity index (χ0n) is 10.9. The van der Waals surface area contributed by atoms with E-state index in [9.17, 15) is 4.79 Å². The number of esters is 1. The van der Waals surface area contributed by atoms with Crippen LogP contribution in [-0.4, -0.2) is 35.0 Å². The molecule has 1 heterocycles. The SMILES string of the molecule is CN(CCC(=O)OC(C)(C)C)Cc1cscn1. The number of nitrogens with zero attached hydrogens (tertiary/aromatic N) is 2. The lowest BCUT2D eigenvalue weighted by atomic mass is 10.2. The Morgan fingerprint density at radius 1 is 1.53 bits per heavy atom. The molecule has 0 amide bonds. The summed E-state index contributed by atoms with van der Waals surface area (Å²) in [6.07, 6.45) is 0.415. The summed E-state index contributed by atoms with van der Waals surface area (Å²) in [5.74, 6) is -0.150. The molecule has 0 saturated carbocycles. The van der Waals surface area contributed by atoms with Crippen molar-refractivity contribution in [1.82, 2.24) is 9.88 Å². The molecule has 0 fully saturated rings. The third-order valence-corrected chi connectivity index (χ3v) is 2.67. The van der Waals surface area contributed by atoms with Gasteiger partial charge in [0.2, 0.25) is 0 Å². The van der Waals surface area contributed by atoms with E-state index < -0.39 is 5.60 Å². The van der Waals surface area contributed by atoms with Crippen LogP contribution in [0.3, 0.4) is 0 Å². The Balaban J connectivity index is 2.24. The molecule has 1 aromatic heterocycles. The van der Waals surface area contributed by atoms with Gasteiger partial charge in [0.05, 0.1) is 17.6 Å². The molecule has 0 aliphatic carbocycles. The molecule has 1 aromatic rings. The predicted octanol–water partition coefficient (Wildman–Crippen LogP) is 2.31. The molecule has 0 radical (unpaired) electrons. The summed E-state index contributed by atoms with van der Waals surface area (Å²) in [5, 5.41) is 2.02. The van der Waals surface area contributed by atoms with E-state index in [1.807, 2.05) is 38.7 Å². The lowest BCUT2D eigenvalue weighted by Gasteiger charge is -2.21. The second kappa shape index (κ2) is 6.12. The lowest BCUT2D eigenvalue weighted by molar-refractivity contribution is -0.155. The lowest BCUT2D eigenvalue weighted by Crippen LogP contribution is -2.27. The second-order valence-corrected chi connectivity index (χ2v) is 5.77. The molecular formula is C12H20N2O2S. The van der Waals surface area contributed by atoms with Crippen molar-refractivity contribution < 1.29 is 9.53 Å². The van der Waals surface area contributed by atoms with E-state index in [0.29, 0.717) is 13.0 Å². The molecule has 0 spiro atoms. The van der Waals surface area contributed by atoms with E-state index in [4.69, 9.17) is 4.74 Å². The van der Waals surface area contributed by atoms with Gasteiger partial charge in [-0.25, -0.2) is 4.98 Å². The molecular weight excluding hydrogens is 236 g/mol. The van der Waals surface area contributed by atoms with E-state index in [1.165, 1.54) is 0 Å². The summed E-state index contributed by atoms with van der Waals surface area (Å²) < 4.78 is 5.24. The van der Waals surface area contributed by atoms with Gasteiger partial charge in [-0.15, -0.1) is 11.3 Å². The quantitative estimate of drug-likeness (QED) is 0.758. The molecule has 96 valence electrons. The van der Waals surface area contributed by atoms with Crippen LogP contribution in [0.5, 0.6) is 0 Å². The van der Waals surface area contributed by atoms with Gasteiger partial charge in [-0.2, -0.15) is 0 Å². The van der Waals surface area contributed by atoms with E-state index >= 15 is 0 Å². The third-order valence-electron chi connectivity index (χ3n) is 2.03. The number of carbonyl (C=O) groups excluding carboxylic acids is 1. The van der Waals surface area contributed by atoms with Crippen LogP contribution in [0.1, 0.15) is 32.9 Å². The zero-order valence-corrected chi connectivity index (χ0v) is 11.7. The maximum absolute atomic E-state index is 11.5. The van der Waals surface area contributed by atoms with Gasteiger partial charge in [-0.3, -0.25) is 9.69 Å². The Morgan fingerprint density at radius 2 is 2.24 bits per heavy atom. The molecule has 17 heavy (non-hydrogen) atoms. The largest absolute Gasteiger partial charge is 0.460 e. The van der Waals surface area contributed by atoms with Crippen molar-refractivity contribution in [2.75, 3.05) is 13.6 Å². The van der Waals surface area contributed by atoms with Gasteiger partial charge in [0.15, 0.2) is 0 Å². The summed E-state index contributed by atoms with van der Waals surface area (Å²) in [5.41, 5.74) is 2.46. The maximum Gasteiger partial charge on any atom is 0.307 e. The van der Waals surface area contributed by atoms with Crippen molar-refractivity contribution in [3.63, 3.8) is 0 Å². The van der Waals surface area contributed by atoms with Gasteiger partial charge in [-0.1, -0.05) is 0 Å². The van der Waals surface area contributed by atoms with Crippen LogP contribution in [0, 0.1) is 0 Å². The Bertz CT molecular complexity index is 344. The van der Waals surface area contributed by atoms with Crippen LogP contribution in [-0.2, 0) is 16.1 Å². The average molecular weight is 256 g/mol. The first-order valence-electron chi connectivity index (χ1n) is 5.64. The molecule has 0 atom stereocenters. The molecule has 0 aliphatic heterocycles. The molecule has 0 aromatic carbocycles. The monoisotopic (exact) mass is 256 g/mol. The Morgan fingerprint density at radius 3 is 2.76 bits per heavy atom. The molecule has 0 aliphatic rings. The average Bonchev–Trinajstić information content (AvgIpc) is 2.64. The van der Waals surface area contributed by atoms with Crippen molar-refractivity contribution in [2.45, 2.75) is 39.3 Å². The number of hydrogen-bond acceptors (Lipinski definition) is 5. The zero-order chi connectivity index (χ0) is 12.9. The number of thiazole rings is 1. The molecule has 0 bridgehead atoms. The third kappa shape index (κ3) is 6.38. The summed E-state index contributed by atoms with van der Waals surface area (Å²) >= 11 is 1.58. The molecule has 1 rings (SSSR count). The van der Waals surface area contributed by atoms with Crippen LogP contribution >= 0.6 is 11.3 Å². The summed E-state index contributed by atoms with van der Waals surface area (Å²) in [4.78, 5) is 17.8. The number of hydrogen-bond donors (Lipinski definition) is 0. The number of rotatable bonds is 5. The smallest absolute Gasteiger partial charge is 0.307 e. The minimum absolute atomic E-state index is 0.150. The highest BCUT2D eigenvalue weighted by atomic mass is 32.1. The maximum atomic E-state index is 11.5. The molecule has 4 nitrogen and oxygen atoms in total. The molecule has 0 N–H and O–H groups in total. The molecule has 5 heteroatoms. The first kappa shape index (κ1) is 14.1. The first-order chi connectivity index (χ1) is 7.87. The standard InChI is InChI=1S/C12H20N2O2S/c1-12(2,3)16-11(15)5-6-14(4)7-10-8-17-9-13-10/h8-9H,5-7H2,1-4H3. The van der Waals surface area contributed by atoms with Gasteiger partial charge in [0.1, 0.15) is 5.60 Å². The van der Waals surface area contributed by atoms with Crippen molar-refractivity contribution in [2.24, 2.45) is 0 Å². The highest BCUT2D eigenvalue weighted by Gasteiger charge is 2.16. The van der Waals surface area contributed by atoms with E-state index in [-0.39, 0.29) is 5.97 Å². The Hall–Kier alpha value is -0.940. The van der Waals surface area contributed by atoms with Crippen molar-refractivity contribution in [3.8, 4) is 0 Å². The number of ether oxygens (including phenoxy) is 1. The normalized spacial score (nSPS) is 11.8. The van der Waals surface area contributed by atoms with Gasteiger partial charge in [-0.05, 0) is 27.8 Å². The van der Waals surface area contributed by atoms with Crippen LogP contribution < -0.4 is 0 Å². The Labute approximate surface area is 107 Å². The summed E-state index contributed by atoms with van der Waals surface area (Å²) in [7, 11) is 1.98. The predicted molar refractivity (Wildman–Crippen MR) is 68.9 cm³/mol. The van der Waals surface area contributed by atoms with Crippen LogP contribution in [0.25, 0.3) is 0 Å². The van der Waals surface area contributed by atoms with Crippen LogP contribution in [0.2, 0.25) is 0 Å². The second-order valence-electron chi connectivity index (χ2n) is 5.05. The molecule has 0 saturated heterocycles. The van der Waals surface area contributed by atoms with Gasteiger partial charge < -0.3 is 4.74 Å². The van der Waals surface area contributed by atoms with Crippen LogP contribution in [0.4, 0.5) is 0 Å². The van der Waals surface area contributed by atoms with Gasteiger partial charge in [0.25, 0.3) is 0 Å². The highest BCUT2D eigenvalue weighted by molar-refractivity contribution is 7.07. The number of carbonyl (C=O) groups is 1. The van der Waals surface area contributed by atoms with Gasteiger partial charge in [0, 0.05) is 18.5 Å².